The van der Waals surface area contributed by atoms with Gasteiger partial charge >= 0.3 is 0 Å². The Morgan fingerprint density at radius 1 is 0.220 bits per heavy atom. The van der Waals surface area contributed by atoms with Gasteiger partial charge in [-0.3, -0.25) is 0 Å². The molecule has 4 heterocycles. The molecule has 0 radical (unpaired) electrons. The molecule has 0 atom stereocenters. The molecule has 0 aromatic heterocycles. The second-order valence-corrected chi connectivity index (χ2v) is 26.3. The van der Waals surface area contributed by atoms with Crippen molar-refractivity contribution >= 4 is 153 Å². The van der Waals surface area contributed by atoms with Gasteiger partial charge in [0.25, 0.3) is 13.4 Å². The van der Waals surface area contributed by atoms with Crippen LogP contribution < -0.4 is 62.0 Å². The van der Waals surface area contributed by atoms with E-state index in [0.29, 0.717) is 0 Å². The number of para-hydroxylation sites is 8. The van der Waals surface area contributed by atoms with Crippen molar-refractivity contribution in [2.45, 2.75) is 0 Å². The number of benzene rings is 16. The molecule has 0 unspecified atom stereocenters. The van der Waals surface area contributed by atoms with Crippen LogP contribution in [-0.2, 0) is 0 Å². The third-order valence-electron chi connectivity index (χ3n) is 20.7. The van der Waals surface area contributed by atoms with Gasteiger partial charge < -0.3 is 29.2 Å². The second-order valence-electron chi connectivity index (χ2n) is 26.3. The lowest BCUT2D eigenvalue weighted by Gasteiger charge is -2.46. The summed E-state index contributed by atoms with van der Waals surface area (Å²) in [4.78, 5) is 12.3. The van der Waals surface area contributed by atoms with Gasteiger partial charge in [0.15, 0.2) is 0 Å². The highest BCUT2D eigenvalue weighted by Gasteiger charge is 2.48. The first-order valence-corrected chi connectivity index (χ1v) is 34.5. The van der Waals surface area contributed by atoms with Gasteiger partial charge in [0.2, 0.25) is 0 Å². The lowest BCUT2D eigenvalue weighted by molar-refractivity contribution is 0.488. The number of ether oxygens (including phenoxy) is 1. The molecule has 6 nitrogen and oxygen atoms in total. The SMILES string of the molecule is c1ccc(-c2c3ccccc3c(-c3cccc(N4c5ccccc5B5c6cc7c(cc6Oc6cc(N(c8ccccc8)c8ccccc8)cc4c65)N(c4ccccc4)c4cc(N(c5ccccc5)c5ccccc5)cc5c4B7c4ccccc4N5c4ccccc4)c3)c3ccccc23)cc1. The maximum Gasteiger partial charge on any atom is 0.256 e. The highest BCUT2D eigenvalue weighted by Crippen LogP contribution is 2.52. The third kappa shape index (κ3) is 9.07. The summed E-state index contributed by atoms with van der Waals surface area (Å²) >= 11 is 0. The van der Waals surface area contributed by atoms with Crippen LogP contribution >= 0.6 is 0 Å². The summed E-state index contributed by atoms with van der Waals surface area (Å²) in [6, 6.07) is 136. The second kappa shape index (κ2) is 23.4. The van der Waals surface area contributed by atoms with E-state index in [-0.39, 0.29) is 13.4 Å². The summed E-state index contributed by atoms with van der Waals surface area (Å²) in [5.41, 5.74) is 27.9. The minimum atomic E-state index is -0.234. The number of rotatable bonds is 11. The molecule has 20 rings (SSSR count). The van der Waals surface area contributed by atoms with Gasteiger partial charge in [-0.25, -0.2) is 0 Å². The van der Waals surface area contributed by atoms with Crippen LogP contribution in [0.5, 0.6) is 11.5 Å². The number of hydrogen-bond donors (Lipinski definition) is 0. The van der Waals surface area contributed by atoms with E-state index in [4.69, 9.17) is 4.74 Å². The van der Waals surface area contributed by atoms with E-state index in [0.717, 1.165) is 113 Å². The monoisotopic (exact) mass is 1270 g/mol. The van der Waals surface area contributed by atoms with Crippen LogP contribution in [0.15, 0.2) is 370 Å². The maximum absolute atomic E-state index is 7.89. The lowest BCUT2D eigenvalue weighted by Crippen LogP contribution is -2.64. The average molecular weight is 1270 g/mol. The van der Waals surface area contributed by atoms with Gasteiger partial charge in [0.05, 0.1) is 11.4 Å². The van der Waals surface area contributed by atoms with Crippen molar-refractivity contribution in [3.8, 4) is 33.8 Å². The zero-order valence-corrected chi connectivity index (χ0v) is 54.5. The Morgan fingerprint density at radius 2 is 0.580 bits per heavy atom. The van der Waals surface area contributed by atoms with Crippen molar-refractivity contribution in [2.75, 3.05) is 24.5 Å². The van der Waals surface area contributed by atoms with E-state index in [1.807, 2.05) is 0 Å². The summed E-state index contributed by atoms with van der Waals surface area (Å²) in [6.07, 6.45) is 0. The first kappa shape index (κ1) is 57.2. The van der Waals surface area contributed by atoms with Gasteiger partial charge in [-0.15, -0.1) is 0 Å². The molecule has 0 fully saturated rings. The summed E-state index contributed by atoms with van der Waals surface area (Å²) in [5.74, 6) is 1.63. The first-order valence-electron chi connectivity index (χ1n) is 34.5. The summed E-state index contributed by atoms with van der Waals surface area (Å²) < 4.78 is 7.89. The predicted octanol–water partition coefficient (Wildman–Crippen LogP) is 20.8. The van der Waals surface area contributed by atoms with E-state index >= 15 is 0 Å². The molecular weight excluding hydrogens is 1210 g/mol. The van der Waals surface area contributed by atoms with Crippen LogP contribution in [0.1, 0.15) is 0 Å². The topological polar surface area (TPSA) is 25.4 Å². The van der Waals surface area contributed by atoms with Gasteiger partial charge in [-0.2, -0.15) is 0 Å². The van der Waals surface area contributed by atoms with Crippen LogP contribution in [0.25, 0.3) is 43.8 Å². The van der Waals surface area contributed by atoms with Crippen molar-refractivity contribution in [3.63, 3.8) is 0 Å². The van der Waals surface area contributed by atoms with E-state index in [2.05, 4.69) is 395 Å². The smallest absolute Gasteiger partial charge is 0.256 e. The van der Waals surface area contributed by atoms with Crippen molar-refractivity contribution in [3.05, 3.63) is 370 Å². The van der Waals surface area contributed by atoms with Crippen molar-refractivity contribution in [1.29, 1.82) is 0 Å². The molecule has 0 N–H and O–H groups in total. The van der Waals surface area contributed by atoms with E-state index in [1.165, 1.54) is 60.1 Å². The Kier molecular flexibility index (Phi) is 13.4. The Balaban J connectivity index is 0.839. The molecule has 0 aliphatic carbocycles. The first-order chi connectivity index (χ1) is 49.7. The molecule has 4 aliphatic rings. The van der Waals surface area contributed by atoms with Crippen LogP contribution in [-0.4, -0.2) is 13.4 Å². The van der Waals surface area contributed by atoms with E-state index in [9.17, 15) is 0 Å². The van der Waals surface area contributed by atoms with Gasteiger partial charge in [0, 0.05) is 86.1 Å². The standard InChI is InChI=1S/C92H61B2N5O/c1-8-31-62(32-9-1)89-73-47-22-24-49-75(73)90(76-50-25-23-48-74(76)89)63-33-30-46-70(55-63)99-82-54-29-27-52-78(82)94-80-60-79-83(61-87(80)100-88-59-72(58-86(99)92(88)94)96(66-38-14-4-15-39-66)67-40-16-5-17-41-67)98(69-44-20-7-21-45-69)85-57-71(95(64-34-10-2-11-35-64)65-36-12-3-13-37-65)56-84-91(85)93(79)77-51-26-28-53-81(77)97(84)68-42-18-6-19-43-68/h1-61H. The Bertz CT molecular complexity index is 5730. The molecule has 4 aliphatic heterocycles. The molecule has 100 heavy (non-hydrogen) atoms. The number of hydrogen-bond acceptors (Lipinski definition) is 6. The Labute approximate surface area is 582 Å². The highest BCUT2D eigenvalue weighted by molar-refractivity contribution is 7.02. The fourth-order valence-electron chi connectivity index (χ4n) is 16.7. The summed E-state index contributed by atoms with van der Waals surface area (Å²) in [5, 5.41) is 4.86. The van der Waals surface area contributed by atoms with Gasteiger partial charge in [0.1, 0.15) is 11.5 Å². The molecule has 0 saturated heterocycles. The van der Waals surface area contributed by atoms with Crippen molar-refractivity contribution < 1.29 is 4.74 Å². The molecule has 0 saturated carbocycles. The van der Waals surface area contributed by atoms with Gasteiger partial charge in [-0.05, 0) is 192 Å². The predicted molar refractivity (Wildman–Crippen MR) is 422 cm³/mol. The van der Waals surface area contributed by atoms with E-state index < -0.39 is 0 Å². The number of anilines is 15. The number of nitrogens with zero attached hydrogens (tertiary/aromatic N) is 5. The molecule has 0 spiro atoms. The molecule has 16 aromatic rings. The van der Waals surface area contributed by atoms with Crippen LogP contribution in [0.3, 0.4) is 0 Å². The number of fused-ring (bicyclic) bond motifs is 10. The largest absolute Gasteiger partial charge is 0.458 e. The Morgan fingerprint density at radius 3 is 1.07 bits per heavy atom. The Hall–Kier alpha value is -13.0. The molecule has 0 bridgehead atoms. The molecule has 8 heteroatoms. The van der Waals surface area contributed by atoms with Crippen LogP contribution in [0.2, 0.25) is 0 Å². The zero-order valence-electron chi connectivity index (χ0n) is 54.5. The maximum atomic E-state index is 7.89. The fourth-order valence-corrected chi connectivity index (χ4v) is 16.7. The molecular formula is C92H61B2N5O. The molecule has 16 aromatic carbocycles. The van der Waals surface area contributed by atoms with Crippen molar-refractivity contribution in [2.24, 2.45) is 0 Å². The fraction of sp³-hybridized carbons (Fsp3) is 0. The minimum Gasteiger partial charge on any atom is -0.458 e. The highest BCUT2D eigenvalue weighted by atomic mass is 16.5. The normalized spacial score (nSPS) is 12.8. The van der Waals surface area contributed by atoms with Crippen molar-refractivity contribution in [1.82, 2.24) is 0 Å². The van der Waals surface area contributed by atoms with Crippen LogP contribution in [0.4, 0.5) is 85.3 Å². The third-order valence-corrected chi connectivity index (χ3v) is 20.7. The minimum absolute atomic E-state index is 0.182. The zero-order chi connectivity index (χ0) is 65.8. The molecule has 0 amide bonds. The van der Waals surface area contributed by atoms with Gasteiger partial charge in [-0.1, -0.05) is 243 Å². The van der Waals surface area contributed by atoms with E-state index in [1.54, 1.807) is 0 Å². The summed E-state index contributed by atoms with van der Waals surface area (Å²) in [6.45, 7) is -0.416. The molecule has 466 valence electrons. The lowest BCUT2D eigenvalue weighted by atomic mass is 9.30. The average Bonchev–Trinajstić information content (AvgIpc) is 0.689. The summed E-state index contributed by atoms with van der Waals surface area (Å²) in [7, 11) is 0. The van der Waals surface area contributed by atoms with Crippen LogP contribution in [0, 0.1) is 0 Å². The quantitative estimate of drug-likeness (QED) is 0.0946.